The molecule has 0 fully saturated rings. The highest BCUT2D eigenvalue weighted by atomic mass is 35.5. The largest absolute Gasteiger partial charge is 0.379 e. The lowest BCUT2D eigenvalue weighted by molar-refractivity contribution is 0.630. The number of benzene rings is 2. The van der Waals surface area contributed by atoms with Crippen LogP contribution in [-0.2, 0) is 13.0 Å². The van der Waals surface area contributed by atoms with Gasteiger partial charge in [0.2, 0.25) is 0 Å². The zero-order valence-corrected chi connectivity index (χ0v) is 12.8. The molecule has 1 aliphatic heterocycles. The molecule has 3 rings (SSSR count). The van der Waals surface area contributed by atoms with Crippen molar-refractivity contribution >= 4 is 23.0 Å². The summed E-state index contributed by atoms with van der Waals surface area (Å²) in [4.78, 5) is 2.29. The summed E-state index contributed by atoms with van der Waals surface area (Å²) in [5.41, 5.74) is 4.33. The number of hydrogen-bond donors (Lipinski definition) is 1. The Morgan fingerprint density at radius 1 is 1.24 bits per heavy atom. The fraction of sp³-hybridized carbons (Fsp3) is 0.294. The van der Waals surface area contributed by atoms with Gasteiger partial charge in [0.1, 0.15) is 5.82 Å². The predicted molar refractivity (Wildman–Crippen MR) is 86.8 cm³/mol. The van der Waals surface area contributed by atoms with Crippen LogP contribution in [0.3, 0.4) is 0 Å². The Morgan fingerprint density at radius 3 is 2.90 bits per heavy atom. The van der Waals surface area contributed by atoms with E-state index in [1.54, 1.807) is 12.1 Å². The molecule has 2 aromatic carbocycles. The van der Waals surface area contributed by atoms with E-state index in [0.29, 0.717) is 17.3 Å². The van der Waals surface area contributed by atoms with E-state index in [0.717, 1.165) is 13.0 Å². The first-order valence-electron chi connectivity index (χ1n) is 7.15. The molecule has 0 saturated carbocycles. The first-order valence-corrected chi connectivity index (χ1v) is 7.53. The molecule has 0 aliphatic carbocycles. The van der Waals surface area contributed by atoms with Crippen molar-refractivity contribution in [3.05, 3.63) is 58.4 Å². The lowest BCUT2D eigenvalue weighted by Gasteiger charge is -2.27. The number of nitrogens with one attached hydrogen (secondary N) is 1. The maximum atomic E-state index is 13.7. The minimum atomic E-state index is -0.319. The molecule has 0 atom stereocenters. The van der Waals surface area contributed by atoms with Crippen molar-refractivity contribution in [1.82, 2.24) is 0 Å². The molecule has 1 N–H and O–H groups in total. The highest BCUT2D eigenvalue weighted by Crippen LogP contribution is 2.27. The van der Waals surface area contributed by atoms with Crippen molar-refractivity contribution in [2.75, 3.05) is 23.8 Å². The number of rotatable bonds is 3. The van der Waals surface area contributed by atoms with Crippen LogP contribution in [0.1, 0.15) is 17.5 Å². The smallest absolute Gasteiger partial charge is 0.147 e. The summed E-state index contributed by atoms with van der Waals surface area (Å²) in [5.74, 6) is -0.319. The van der Waals surface area contributed by atoms with Gasteiger partial charge in [0.25, 0.3) is 0 Å². The maximum Gasteiger partial charge on any atom is 0.147 e. The van der Waals surface area contributed by atoms with Crippen LogP contribution in [-0.4, -0.2) is 13.6 Å². The summed E-state index contributed by atoms with van der Waals surface area (Å²) in [7, 11) is 2.12. The van der Waals surface area contributed by atoms with Crippen LogP contribution in [0.25, 0.3) is 0 Å². The Hall–Kier alpha value is -1.74. The average molecular weight is 305 g/mol. The molecular formula is C17H18ClFN2. The zero-order valence-electron chi connectivity index (χ0n) is 12.0. The fourth-order valence-corrected chi connectivity index (χ4v) is 2.94. The maximum absolute atomic E-state index is 13.7. The molecule has 2 aromatic rings. The first kappa shape index (κ1) is 14.2. The Kier molecular flexibility index (Phi) is 4.02. The average Bonchev–Trinajstić information content (AvgIpc) is 2.46. The van der Waals surface area contributed by atoms with Gasteiger partial charge in [0.15, 0.2) is 0 Å². The quantitative estimate of drug-likeness (QED) is 0.900. The fourth-order valence-electron chi connectivity index (χ4n) is 2.78. The Balaban J connectivity index is 1.73. The van der Waals surface area contributed by atoms with Gasteiger partial charge in [-0.15, -0.1) is 0 Å². The van der Waals surface area contributed by atoms with E-state index in [9.17, 15) is 4.39 Å². The van der Waals surface area contributed by atoms with Crippen molar-refractivity contribution in [2.24, 2.45) is 0 Å². The number of fused-ring (bicyclic) bond motifs is 1. The topological polar surface area (TPSA) is 15.3 Å². The number of hydrogen-bond acceptors (Lipinski definition) is 2. The molecule has 0 unspecified atom stereocenters. The van der Waals surface area contributed by atoms with Gasteiger partial charge >= 0.3 is 0 Å². The van der Waals surface area contributed by atoms with Crippen molar-refractivity contribution in [2.45, 2.75) is 19.4 Å². The second kappa shape index (κ2) is 5.94. The Labute approximate surface area is 129 Å². The van der Waals surface area contributed by atoms with Gasteiger partial charge in [-0.2, -0.15) is 0 Å². The van der Waals surface area contributed by atoms with Crippen molar-refractivity contribution in [3.63, 3.8) is 0 Å². The highest BCUT2D eigenvalue weighted by molar-refractivity contribution is 6.30. The van der Waals surface area contributed by atoms with E-state index in [1.165, 1.54) is 29.3 Å². The predicted octanol–water partition coefficient (Wildman–Crippen LogP) is 4.47. The summed E-state index contributed by atoms with van der Waals surface area (Å²) < 4.78 is 13.7. The van der Waals surface area contributed by atoms with Gasteiger partial charge in [0, 0.05) is 30.8 Å². The number of nitrogens with zero attached hydrogens (tertiary/aromatic N) is 1. The molecule has 0 amide bonds. The standard InChI is InChI=1S/C17H18ClFN2/c1-21-8-2-3-13-9-12(4-7-17(13)21)11-20-16-6-5-14(18)10-15(16)19/h4-7,9-10,20H,2-3,8,11H2,1H3. The van der Waals surface area contributed by atoms with Crippen LogP contribution >= 0.6 is 11.6 Å². The molecule has 110 valence electrons. The molecule has 2 nitrogen and oxygen atoms in total. The summed E-state index contributed by atoms with van der Waals surface area (Å²) in [6.45, 7) is 1.72. The summed E-state index contributed by atoms with van der Waals surface area (Å²) in [6.07, 6.45) is 2.30. The zero-order chi connectivity index (χ0) is 14.8. The van der Waals surface area contributed by atoms with Crippen molar-refractivity contribution < 1.29 is 4.39 Å². The molecule has 1 aliphatic rings. The van der Waals surface area contributed by atoms with Gasteiger partial charge in [0.05, 0.1) is 5.69 Å². The second-order valence-electron chi connectivity index (χ2n) is 5.47. The van der Waals surface area contributed by atoms with Crippen molar-refractivity contribution in [1.29, 1.82) is 0 Å². The summed E-state index contributed by atoms with van der Waals surface area (Å²) in [5, 5.41) is 3.54. The lowest BCUT2D eigenvalue weighted by atomic mass is 9.99. The van der Waals surface area contributed by atoms with Gasteiger partial charge in [-0.1, -0.05) is 23.7 Å². The highest BCUT2D eigenvalue weighted by Gasteiger charge is 2.13. The van der Waals surface area contributed by atoms with E-state index >= 15 is 0 Å². The second-order valence-corrected chi connectivity index (χ2v) is 5.90. The third-order valence-electron chi connectivity index (χ3n) is 3.91. The Morgan fingerprint density at radius 2 is 2.10 bits per heavy atom. The number of anilines is 2. The molecule has 1 heterocycles. The molecule has 0 bridgehead atoms. The molecule has 0 spiro atoms. The van der Waals surface area contributed by atoms with Crippen molar-refractivity contribution in [3.8, 4) is 0 Å². The van der Waals surface area contributed by atoms with Crippen LogP contribution in [0, 0.1) is 5.82 Å². The normalized spacial score (nSPS) is 14.0. The van der Waals surface area contributed by atoms with E-state index in [1.807, 2.05) is 0 Å². The van der Waals surface area contributed by atoms with E-state index in [2.05, 4.69) is 35.5 Å². The number of aryl methyl sites for hydroxylation is 1. The molecule has 21 heavy (non-hydrogen) atoms. The monoisotopic (exact) mass is 304 g/mol. The van der Waals surface area contributed by atoms with Gasteiger partial charge in [-0.05, 0) is 48.2 Å². The minimum Gasteiger partial charge on any atom is -0.379 e. The van der Waals surface area contributed by atoms with Crippen LogP contribution in [0.15, 0.2) is 36.4 Å². The summed E-state index contributed by atoms with van der Waals surface area (Å²) >= 11 is 5.75. The van der Waals surface area contributed by atoms with Crippen LogP contribution < -0.4 is 10.2 Å². The Bertz CT molecular complexity index is 657. The lowest BCUT2D eigenvalue weighted by Crippen LogP contribution is -2.24. The summed E-state index contributed by atoms with van der Waals surface area (Å²) in [6, 6.07) is 11.2. The van der Waals surface area contributed by atoms with Gasteiger partial charge < -0.3 is 10.2 Å². The first-order chi connectivity index (χ1) is 10.1. The van der Waals surface area contributed by atoms with Gasteiger partial charge in [-0.25, -0.2) is 4.39 Å². The molecule has 0 radical (unpaired) electrons. The van der Waals surface area contributed by atoms with Crippen LogP contribution in [0.5, 0.6) is 0 Å². The van der Waals surface area contributed by atoms with E-state index in [-0.39, 0.29) is 5.82 Å². The minimum absolute atomic E-state index is 0.319. The molecule has 0 saturated heterocycles. The molecule has 4 heteroatoms. The SMILES string of the molecule is CN1CCCc2cc(CNc3ccc(Cl)cc3F)ccc21. The molecule has 0 aromatic heterocycles. The van der Waals surface area contributed by atoms with Crippen LogP contribution in [0.4, 0.5) is 15.8 Å². The van der Waals surface area contributed by atoms with Crippen LogP contribution in [0.2, 0.25) is 5.02 Å². The van der Waals surface area contributed by atoms with Gasteiger partial charge in [-0.3, -0.25) is 0 Å². The number of halogens is 2. The molecular weight excluding hydrogens is 287 g/mol. The van der Waals surface area contributed by atoms with E-state index in [4.69, 9.17) is 11.6 Å². The third-order valence-corrected chi connectivity index (χ3v) is 4.14. The third kappa shape index (κ3) is 3.13. The van der Waals surface area contributed by atoms with E-state index < -0.39 is 0 Å².